The van der Waals surface area contributed by atoms with Crippen LogP contribution in [-0.4, -0.2) is 29.6 Å². The van der Waals surface area contributed by atoms with Crippen molar-refractivity contribution < 1.29 is 4.79 Å². The molecule has 1 saturated carbocycles. The highest BCUT2D eigenvalue weighted by atomic mass is 16.2. The Morgan fingerprint density at radius 2 is 2.29 bits per heavy atom. The van der Waals surface area contributed by atoms with E-state index in [1.807, 2.05) is 0 Å². The lowest BCUT2D eigenvalue weighted by Gasteiger charge is -2.48. The van der Waals surface area contributed by atoms with Crippen LogP contribution in [0.1, 0.15) is 38.5 Å². The highest BCUT2D eigenvalue weighted by Crippen LogP contribution is 2.45. The van der Waals surface area contributed by atoms with Crippen LogP contribution in [0.3, 0.4) is 0 Å². The smallest absolute Gasteiger partial charge is 0.224 e. The lowest BCUT2D eigenvalue weighted by Crippen LogP contribution is -2.64. The fraction of sp³-hybridized carbons (Fsp3) is 0.909. The number of amides is 1. The normalized spacial score (nSPS) is 42.1. The third kappa shape index (κ3) is 0.991. The summed E-state index contributed by atoms with van der Waals surface area (Å²) in [5.41, 5.74) is 0.0909. The summed E-state index contributed by atoms with van der Waals surface area (Å²) in [6, 6.07) is 0. The van der Waals surface area contributed by atoms with Gasteiger partial charge in [-0.05, 0) is 32.2 Å². The molecule has 14 heavy (non-hydrogen) atoms. The Bertz CT molecular complexity index is 260. The summed E-state index contributed by atoms with van der Waals surface area (Å²) < 4.78 is 0. The molecule has 0 aromatic carbocycles. The van der Waals surface area contributed by atoms with E-state index < -0.39 is 0 Å². The molecule has 1 amide bonds. The fourth-order valence-electron chi connectivity index (χ4n) is 3.59. The zero-order valence-corrected chi connectivity index (χ0v) is 8.59. The minimum atomic E-state index is 0.0909. The maximum Gasteiger partial charge on any atom is 0.224 e. The molecule has 2 aliphatic heterocycles. The van der Waals surface area contributed by atoms with E-state index >= 15 is 0 Å². The quantitative estimate of drug-likeness (QED) is 0.626. The van der Waals surface area contributed by atoms with Crippen LogP contribution in [-0.2, 0) is 4.79 Å². The van der Waals surface area contributed by atoms with E-state index in [-0.39, 0.29) is 5.66 Å². The van der Waals surface area contributed by atoms with Gasteiger partial charge in [0.25, 0.3) is 0 Å². The summed E-state index contributed by atoms with van der Waals surface area (Å²) in [5, 5.41) is 3.63. The summed E-state index contributed by atoms with van der Waals surface area (Å²) in [7, 11) is 0. The molecule has 2 unspecified atom stereocenters. The van der Waals surface area contributed by atoms with E-state index in [4.69, 9.17) is 0 Å². The summed E-state index contributed by atoms with van der Waals surface area (Å²) in [6.45, 7) is 2.09. The molecule has 0 radical (unpaired) electrons. The van der Waals surface area contributed by atoms with Crippen molar-refractivity contribution in [1.82, 2.24) is 10.2 Å². The number of carbonyl (C=O) groups excluding carboxylic acids is 1. The fourth-order valence-corrected chi connectivity index (χ4v) is 3.59. The SMILES string of the molecule is O=C1CC2CCCCC23NCCCN13. The standard InChI is InChI=1S/C11H18N2O/c14-10-8-9-4-1-2-5-11(9)12-6-3-7-13(10)11/h9,12H,1-8H2. The third-order valence-electron chi connectivity index (χ3n) is 4.23. The second-order valence-corrected chi connectivity index (χ2v) is 4.90. The molecule has 3 rings (SSSR count). The van der Waals surface area contributed by atoms with Gasteiger partial charge in [0.05, 0.1) is 5.66 Å². The van der Waals surface area contributed by atoms with E-state index in [0.717, 1.165) is 25.9 Å². The Hall–Kier alpha value is -0.570. The average molecular weight is 194 g/mol. The van der Waals surface area contributed by atoms with Gasteiger partial charge >= 0.3 is 0 Å². The first-order valence-corrected chi connectivity index (χ1v) is 5.88. The van der Waals surface area contributed by atoms with Gasteiger partial charge in [-0.25, -0.2) is 0 Å². The first-order valence-electron chi connectivity index (χ1n) is 5.88. The number of carbonyl (C=O) groups is 1. The molecule has 3 fully saturated rings. The monoisotopic (exact) mass is 194 g/mol. The lowest BCUT2D eigenvalue weighted by molar-refractivity contribution is -0.134. The first-order chi connectivity index (χ1) is 6.83. The molecule has 2 atom stereocenters. The Morgan fingerprint density at radius 1 is 1.36 bits per heavy atom. The zero-order valence-electron chi connectivity index (χ0n) is 8.59. The van der Waals surface area contributed by atoms with Crippen molar-refractivity contribution in [2.24, 2.45) is 5.92 Å². The minimum absolute atomic E-state index is 0.0909. The predicted molar refractivity (Wildman–Crippen MR) is 53.6 cm³/mol. The average Bonchev–Trinajstić information content (AvgIpc) is 2.51. The Balaban J connectivity index is 1.95. The van der Waals surface area contributed by atoms with Gasteiger partial charge in [0, 0.05) is 18.9 Å². The van der Waals surface area contributed by atoms with Crippen LogP contribution in [0.4, 0.5) is 0 Å². The second kappa shape index (κ2) is 2.96. The second-order valence-electron chi connectivity index (χ2n) is 4.90. The third-order valence-corrected chi connectivity index (χ3v) is 4.23. The van der Waals surface area contributed by atoms with Crippen molar-refractivity contribution >= 4 is 5.91 Å². The Labute approximate surface area is 84.8 Å². The number of hydrogen-bond acceptors (Lipinski definition) is 2. The topological polar surface area (TPSA) is 32.3 Å². The van der Waals surface area contributed by atoms with Gasteiger partial charge in [-0.3, -0.25) is 10.1 Å². The van der Waals surface area contributed by atoms with Gasteiger partial charge in [-0.2, -0.15) is 0 Å². The molecule has 78 valence electrons. The zero-order chi connectivity index (χ0) is 9.60. The number of nitrogens with one attached hydrogen (secondary N) is 1. The summed E-state index contributed by atoms with van der Waals surface area (Å²) in [6.07, 6.45) is 6.95. The number of rotatable bonds is 0. The van der Waals surface area contributed by atoms with Crippen LogP contribution >= 0.6 is 0 Å². The van der Waals surface area contributed by atoms with Crippen molar-refractivity contribution in [2.45, 2.75) is 44.2 Å². The lowest BCUT2D eigenvalue weighted by atomic mass is 9.78. The maximum absolute atomic E-state index is 11.9. The Kier molecular flexibility index (Phi) is 1.84. The molecular weight excluding hydrogens is 176 g/mol. The van der Waals surface area contributed by atoms with Crippen molar-refractivity contribution in [3.63, 3.8) is 0 Å². The van der Waals surface area contributed by atoms with E-state index in [2.05, 4.69) is 10.2 Å². The largest absolute Gasteiger partial charge is 0.324 e. The molecule has 2 heterocycles. The van der Waals surface area contributed by atoms with Crippen LogP contribution in [0.2, 0.25) is 0 Å². The van der Waals surface area contributed by atoms with Crippen LogP contribution in [0.5, 0.6) is 0 Å². The molecule has 0 bridgehead atoms. The molecular formula is C11H18N2O. The minimum Gasteiger partial charge on any atom is -0.324 e. The van der Waals surface area contributed by atoms with Crippen LogP contribution in [0.25, 0.3) is 0 Å². The van der Waals surface area contributed by atoms with Gasteiger partial charge in [0.15, 0.2) is 0 Å². The Morgan fingerprint density at radius 3 is 3.21 bits per heavy atom. The molecule has 1 N–H and O–H groups in total. The van der Waals surface area contributed by atoms with Crippen LogP contribution in [0, 0.1) is 5.92 Å². The molecule has 2 saturated heterocycles. The van der Waals surface area contributed by atoms with Gasteiger partial charge in [0.2, 0.25) is 5.91 Å². The van der Waals surface area contributed by atoms with E-state index in [1.54, 1.807) is 0 Å². The molecule has 0 aromatic rings. The van der Waals surface area contributed by atoms with Gasteiger partial charge in [0.1, 0.15) is 0 Å². The molecule has 0 aromatic heterocycles. The van der Waals surface area contributed by atoms with Crippen molar-refractivity contribution in [3.8, 4) is 0 Å². The number of hydrogen-bond donors (Lipinski definition) is 1. The van der Waals surface area contributed by atoms with E-state index in [9.17, 15) is 4.79 Å². The van der Waals surface area contributed by atoms with Crippen LogP contribution in [0.15, 0.2) is 0 Å². The summed E-state index contributed by atoms with van der Waals surface area (Å²) in [5.74, 6) is 0.994. The van der Waals surface area contributed by atoms with Gasteiger partial charge in [-0.15, -0.1) is 0 Å². The predicted octanol–water partition coefficient (Wildman–Crippen LogP) is 1.10. The van der Waals surface area contributed by atoms with Crippen molar-refractivity contribution in [1.29, 1.82) is 0 Å². The molecule has 3 heteroatoms. The van der Waals surface area contributed by atoms with Crippen molar-refractivity contribution in [2.75, 3.05) is 13.1 Å². The maximum atomic E-state index is 11.9. The first kappa shape index (κ1) is 8.72. The van der Waals surface area contributed by atoms with Crippen LogP contribution < -0.4 is 5.32 Å². The highest BCUT2D eigenvalue weighted by Gasteiger charge is 2.53. The van der Waals surface area contributed by atoms with Gasteiger partial charge in [-0.1, -0.05) is 6.42 Å². The summed E-state index contributed by atoms with van der Waals surface area (Å²) in [4.78, 5) is 14.0. The van der Waals surface area contributed by atoms with Crippen molar-refractivity contribution in [3.05, 3.63) is 0 Å². The van der Waals surface area contributed by atoms with Gasteiger partial charge < -0.3 is 4.90 Å². The highest BCUT2D eigenvalue weighted by molar-refractivity contribution is 5.80. The summed E-state index contributed by atoms with van der Waals surface area (Å²) >= 11 is 0. The number of nitrogens with zero attached hydrogens (tertiary/aromatic N) is 1. The molecule has 1 aliphatic carbocycles. The molecule has 3 aliphatic rings. The van der Waals surface area contributed by atoms with E-state index in [1.165, 1.54) is 25.7 Å². The molecule has 3 nitrogen and oxygen atoms in total. The molecule has 1 spiro atoms. The van der Waals surface area contributed by atoms with E-state index in [0.29, 0.717) is 11.8 Å².